The summed E-state index contributed by atoms with van der Waals surface area (Å²) in [6, 6.07) is 22.1. The Hall–Kier alpha value is -3.99. The predicted octanol–water partition coefficient (Wildman–Crippen LogP) is 3.66. The number of nitrogens with zero attached hydrogens (tertiary/aromatic N) is 2. The standard InChI is InChI=1S/C30H31N5O4S/c36-27-19-35(15-14-31-27)18-21-8-10-23(11-9-21)33-29(22-4-2-1-3-5-22)28-25-16-24(12-13-26(25)34-30(28)37)40(38,39)32-17-20-6-7-20/h1-5,8-13,16,20,32,34,37H,6-7,14-15,17-19H2,(H,31,36). The Morgan fingerprint density at radius 3 is 2.55 bits per heavy atom. The highest BCUT2D eigenvalue weighted by Crippen LogP contribution is 2.33. The molecule has 1 saturated carbocycles. The highest BCUT2D eigenvalue weighted by molar-refractivity contribution is 7.89. The summed E-state index contributed by atoms with van der Waals surface area (Å²) in [4.78, 5) is 21.9. The predicted molar refractivity (Wildman–Crippen MR) is 154 cm³/mol. The second-order valence-electron chi connectivity index (χ2n) is 10.4. The first-order valence-electron chi connectivity index (χ1n) is 13.4. The number of fused-ring (bicyclic) bond motifs is 1. The number of H-pyrrole nitrogens is 1. The largest absolute Gasteiger partial charge is 0.494 e. The van der Waals surface area contributed by atoms with Crippen molar-refractivity contribution in [3.8, 4) is 5.88 Å². The van der Waals surface area contributed by atoms with Gasteiger partial charge in [-0.05, 0) is 54.7 Å². The topological polar surface area (TPSA) is 127 Å². The molecule has 40 heavy (non-hydrogen) atoms. The van der Waals surface area contributed by atoms with Gasteiger partial charge in [-0.25, -0.2) is 18.1 Å². The van der Waals surface area contributed by atoms with Gasteiger partial charge in [0.2, 0.25) is 15.9 Å². The first-order chi connectivity index (χ1) is 19.4. The lowest BCUT2D eigenvalue weighted by atomic mass is 10.0. The van der Waals surface area contributed by atoms with E-state index in [4.69, 9.17) is 4.99 Å². The summed E-state index contributed by atoms with van der Waals surface area (Å²) < 4.78 is 28.7. The maximum absolute atomic E-state index is 13.0. The fraction of sp³-hybridized carbons (Fsp3) is 0.267. The third-order valence-electron chi connectivity index (χ3n) is 7.30. The number of benzene rings is 3. The Labute approximate surface area is 233 Å². The molecule has 4 aromatic rings. The number of aliphatic imine (C=N–C) groups is 1. The van der Waals surface area contributed by atoms with Crippen LogP contribution >= 0.6 is 0 Å². The number of sulfonamides is 1. The van der Waals surface area contributed by atoms with Crippen LogP contribution in [0.3, 0.4) is 0 Å². The highest BCUT2D eigenvalue weighted by Gasteiger charge is 2.26. The van der Waals surface area contributed by atoms with E-state index in [2.05, 4.69) is 19.9 Å². The lowest BCUT2D eigenvalue weighted by Gasteiger charge is -2.26. The molecule has 0 radical (unpaired) electrons. The molecule has 0 unspecified atom stereocenters. The average molecular weight is 558 g/mol. The Kier molecular flexibility index (Phi) is 7.14. The fourth-order valence-electron chi connectivity index (χ4n) is 4.95. The summed E-state index contributed by atoms with van der Waals surface area (Å²) in [6.45, 7) is 2.93. The second kappa shape index (κ2) is 10.9. The number of piperazine rings is 1. The molecule has 0 bridgehead atoms. The summed E-state index contributed by atoms with van der Waals surface area (Å²) in [5.41, 5.74) is 4.09. The van der Waals surface area contributed by atoms with Crippen molar-refractivity contribution in [3.63, 3.8) is 0 Å². The van der Waals surface area contributed by atoms with Gasteiger partial charge in [0, 0.05) is 42.6 Å². The molecule has 2 fully saturated rings. The van der Waals surface area contributed by atoms with E-state index < -0.39 is 10.0 Å². The van der Waals surface area contributed by atoms with E-state index in [-0.39, 0.29) is 16.7 Å². The molecule has 1 aromatic heterocycles. The van der Waals surface area contributed by atoms with Crippen molar-refractivity contribution in [1.82, 2.24) is 19.9 Å². The average Bonchev–Trinajstić information content (AvgIpc) is 3.73. The summed E-state index contributed by atoms with van der Waals surface area (Å²) in [5.74, 6) is 0.360. The molecular weight excluding hydrogens is 526 g/mol. The molecule has 1 aliphatic heterocycles. The Morgan fingerprint density at radius 2 is 1.82 bits per heavy atom. The summed E-state index contributed by atoms with van der Waals surface area (Å²) in [6.07, 6.45) is 2.09. The zero-order chi connectivity index (χ0) is 27.7. The van der Waals surface area contributed by atoms with Crippen molar-refractivity contribution in [1.29, 1.82) is 0 Å². The van der Waals surface area contributed by atoms with E-state index in [0.717, 1.165) is 30.5 Å². The number of hydrogen-bond acceptors (Lipinski definition) is 6. The lowest BCUT2D eigenvalue weighted by Crippen LogP contribution is -2.47. The van der Waals surface area contributed by atoms with Crippen LogP contribution in [-0.4, -0.2) is 61.2 Å². The highest BCUT2D eigenvalue weighted by atomic mass is 32.2. The summed E-state index contributed by atoms with van der Waals surface area (Å²) >= 11 is 0. The van der Waals surface area contributed by atoms with Crippen molar-refractivity contribution >= 4 is 38.2 Å². The third-order valence-corrected chi connectivity index (χ3v) is 8.73. The normalized spacial score (nSPS) is 16.8. The number of aromatic nitrogens is 1. The minimum absolute atomic E-state index is 0.0353. The van der Waals surface area contributed by atoms with Gasteiger partial charge in [0.05, 0.1) is 28.4 Å². The van der Waals surface area contributed by atoms with Crippen molar-refractivity contribution in [3.05, 3.63) is 89.5 Å². The molecule has 4 N–H and O–H groups in total. The molecule has 2 aliphatic rings. The van der Waals surface area contributed by atoms with Crippen LogP contribution in [0.25, 0.3) is 10.9 Å². The van der Waals surface area contributed by atoms with E-state index >= 15 is 0 Å². The molecule has 9 nitrogen and oxygen atoms in total. The maximum Gasteiger partial charge on any atom is 0.240 e. The molecular formula is C30H31N5O4S. The number of hydrogen-bond donors (Lipinski definition) is 4. The minimum Gasteiger partial charge on any atom is -0.494 e. The van der Waals surface area contributed by atoms with Crippen LogP contribution in [0.2, 0.25) is 0 Å². The van der Waals surface area contributed by atoms with Crippen LogP contribution in [0, 0.1) is 5.92 Å². The summed E-state index contributed by atoms with van der Waals surface area (Å²) in [7, 11) is -3.70. The van der Waals surface area contributed by atoms with Crippen molar-refractivity contribution < 1.29 is 18.3 Å². The quantitative estimate of drug-likeness (QED) is 0.234. The van der Waals surface area contributed by atoms with Gasteiger partial charge in [0.1, 0.15) is 0 Å². The molecule has 206 valence electrons. The molecule has 2 heterocycles. The number of nitrogens with one attached hydrogen (secondary N) is 3. The smallest absolute Gasteiger partial charge is 0.240 e. The van der Waals surface area contributed by atoms with E-state index in [1.807, 2.05) is 54.6 Å². The molecule has 1 aliphatic carbocycles. The van der Waals surface area contributed by atoms with Crippen molar-refractivity contribution in [2.75, 3.05) is 26.2 Å². The fourth-order valence-corrected chi connectivity index (χ4v) is 6.09. The Bertz CT molecular complexity index is 1680. The molecule has 3 aromatic carbocycles. The van der Waals surface area contributed by atoms with Crippen molar-refractivity contribution in [2.24, 2.45) is 10.9 Å². The van der Waals surface area contributed by atoms with E-state index in [1.165, 1.54) is 0 Å². The first kappa shape index (κ1) is 26.2. The second-order valence-corrected chi connectivity index (χ2v) is 12.2. The molecule has 0 atom stereocenters. The number of aromatic amines is 1. The minimum atomic E-state index is -3.70. The van der Waals surface area contributed by atoms with Crippen LogP contribution in [0.15, 0.2) is 82.7 Å². The first-order valence-corrected chi connectivity index (χ1v) is 14.9. The number of carbonyl (C=O) groups is 1. The molecule has 1 amide bonds. The third kappa shape index (κ3) is 5.79. The molecule has 0 spiro atoms. The van der Waals surface area contributed by atoms with Crippen LogP contribution in [-0.2, 0) is 21.4 Å². The SMILES string of the molecule is O=C1CN(Cc2ccc(N=C(c3ccccc3)c3c(O)[nH]c4ccc(S(=O)(=O)NCC5CC5)cc34)cc2)CCN1. The van der Waals surface area contributed by atoms with E-state index in [0.29, 0.717) is 60.0 Å². The number of carbonyl (C=O) groups excluding carboxylic acids is 1. The Morgan fingerprint density at radius 1 is 1.05 bits per heavy atom. The van der Waals surface area contributed by atoms with E-state index in [1.54, 1.807) is 18.2 Å². The molecule has 10 heteroatoms. The van der Waals surface area contributed by atoms with Gasteiger partial charge < -0.3 is 15.4 Å². The van der Waals surface area contributed by atoms with Gasteiger partial charge in [0.15, 0.2) is 5.88 Å². The van der Waals surface area contributed by atoms with Crippen LogP contribution in [0.5, 0.6) is 5.88 Å². The number of aromatic hydroxyl groups is 1. The lowest BCUT2D eigenvalue weighted by molar-refractivity contribution is -0.124. The van der Waals surface area contributed by atoms with Gasteiger partial charge in [-0.3, -0.25) is 9.69 Å². The number of rotatable bonds is 9. The monoisotopic (exact) mass is 557 g/mol. The summed E-state index contributed by atoms with van der Waals surface area (Å²) in [5, 5.41) is 14.4. The van der Waals surface area contributed by atoms with Gasteiger partial charge in [-0.1, -0.05) is 42.5 Å². The van der Waals surface area contributed by atoms with Crippen LogP contribution in [0.4, 0.5) is 5.69 Å². The molecule has 6 rings (SSSR count). The van der Waals surface area contributed by atoms with Gasteiger partial charge in [-0.2, -0.15) is 0 Å². The zero-order valence-electron chi connectivity index (χ0n) is 21.9. The maximum atomic E-state index is 13.0. The van der Waals surface area contributed by atoms with Crippen LogP contribution in [0.1, 0.15) is 29.5 Å². The van der Waals surface area contributed by atoms with Crippen LogP contribution < -0.4 is 10.0 Å². The number of amides is 1. The van der Waals surface area contributed by atoms with Crippen molar-refractivity contribution in [2.45, 2.75) is 24.3 Å². The molecule has 1 saturated heterocycles. The van der Waals surface area contributed by atoms with Gasteiger partial charge in [0.25, 0.3) is 0 Å². The Balaban J connectivity index is 1.36. The van der Waals surface area contributed by atoms with Gasteiger partial charge >= 0.3 is 0 Å². The van der Waals surface area contributed by atoms with Gasteiger partial charge in [-0.15, -0.1) is 0 Å². The van der Waals surface area contributed by atoms with E-state index in [9.17, 15) is 18.3 Å². The zero-order valence-corrected chi connectivity index (χ0v) is 22.7.